The molecule has 2 aliphatic rings. The SMILES string of the molecule is CC[C@H]1C(=O)N2C(C(=O)O)=C(S(=O)/C=C\C(=O)CC(O)CO)CC12. The molecule has 9 heteroatoms. The van der Waals surface area contributed by atoms with Crippen molar-refractivity contribution in [2.24, 2.45) is 5.92 Å². The molecule has 0 spiro atoms. The van der Waals surface area contributed by atoms with Crippen molar-refractivity contribution in [3.63, 3.8) is 0 Å². The normalized spacial score (nSPS) is 25.6. The molecular weight excluding hydrogens is 338 g/mol. The first-order chi connectivity index (χ1) is 11.3. The van der Waals surface area contributed by atoms with Gasteiger partial charge in [-0.3, -0.25) is 9.59 Å². The van der Waals surface area contributed by atoms with Crippen LogP contribution in [-0.4, -0.2) is 60.8 Å². The molecular formula is C15H19NO7S. The van der Waals surface area contributed by atoms with Crippen LogP contribution in [0.1, 0.15) is 26.2 Å². The van der Waals surface area contributed by atoms with Gasteiger partial charge in [0.05, 0.1) is 40.4 Å². The first kappa shape index (κ1) is 18.5. The number of hydrogen-bond donors (Lipinski definition) is 3. The van der Waals surface area contributed by atoms with Gasteiger partial charge in [-0.1, -0.05) is 6.92 Å². The molecule has 3 unspecified atom stereocenters. The molecule has 2 heterocycles. The van der Waals surface area contributed by atoms with Crippen LogP contribution in [0.2, 0.25) is 0 Å². The van der Waals surface area contributed by atoms with Crippen LogP contribution in [-0.2, 0) is 25.2 Å². The number of aliphatic hydroxyl groups is 2. The molecule has 132 valence electrons. The lowest BCUT2D eigenvalue weighted by atomic mass is 9.85. The van der Waals surface area contributed by atoms with E-state index in [0.717, 1.165) is 11.5 Å². The number of nitrogens with zero attached hydrogens (tertiary/aromatic N) is 1. The topological polar surface area (TPSA) is 132 Å². The van der Waals surface area contributed by atoms with Gasteiger partial charge in [-0.2, -0.15) is 0 Å². The summed E-state index contributed by atoms with van der Waals surface area (Å²) >= 11 is 0. The fourth-order valence-corrected chi connectivity index (χ4v) is 4.12. The molecule has 0 saturated carbocycles. The van der Waals surface area contributed by atoms with Crippen molar-refractivity contribution >= 4 is 28.5 Å². The van der Waals surface area contributed by atoms with Crippen molar-refractivity contribution in [2.45, 2.75) is 38.3 Å². The summed E-state index contributed by atoms with van der Waals surface area (Å²) in [5.74, 6) is -2.40. The van der Waals surface area contributed by atoms with Gasteiger partial charge in [0.25, 0.3) is 0 Å². The van der Waals surface area contributed by atoms with Gasteiger partial charge >= 0.3 is 5.97 Å². The van der Waals surface area contributed by atoms with Gasteiger partial charge in [0.15, 0.2) is 5.78 Å². The second-order valence-corrected chi connectivity index (χ2v) is 7.04. The molecule has 1 fully saturated rings. The molecule has 0 aromatic heterocycles. The van der Waals surface area contributed by atoms with E-state index in [-0.39, 0.29) is 41.3 Å². The molecule has 24 heavy (non-hydrogen) atoms. The second kappa shape index (κ2) is 7.37. The minimum atomic E-state index is -1.86. The first-order valence-corrected chi connectivity index (χ1v) is 8.73. The number of ketones is 1. The fourth-order valence-electron chi connectivity index (χ4n) is 2.97. The lowest BCUT2D eigenvalue weighted by molar-refractivity contribution is -0.155. The molecule has 4 atom stereocenters. The van der Waals surface area contributed by atoms with Gasteiger partial charge in [-0.15, -0.1) is 0 Å². The molecule has 0 aromatic carbocycles. The van der Waals surface area contributed by atoms with Gasteiger partial charge in [0.2, 0.25) is 5.91 Å². The summed E-state index contributed by atoms with van der Waals surface area (Å²) in [7, 11) is -1.86. The van der Waals surface area contributed by atoms with E-state index in [1.807, 2.05) is 6.92 Å². The Kier molecular flexibility index (Phi) is 5.68. The van der Waals surface area contributed by atoms with E-state index in [2.05, 4.69) is 0 Å². The van der Waals surface area contributed by atoms with E-state index in [4.69, 9.17) is 5.11 Å². The molecule has 2 rings (SSSR count). The molecule has 8 nitrogen and oxygen atoms in total. The smallest absolute Gasteiger partial charge is 0.353 e. The fraction of sp³-hybridized carbons (Fsp3) is 0.533. The average Bonchev–Trinajstić information content (AvgIpc) is 2.88. The summed E-state index contributed by atoms with van der Waals surface area (Å²) in [4.78, 5) is 36.3. The molecule has 1 saturated heterocycles. The van der Waals surface area contributed by atoms with E-state index in [1.165, 1.54) is 4.90 Å². The molecule has 0 aromatic rings. The van der Waals surface area contributed by atoms with Gasteiger partial charge < -0.3 is 20.2 Å². The van der Waals surface area contributed by atoms with Gasteiger partial charge in [-0.05, 0) is 12.5 Å². The number of rotatable bonds is 8. The number of amides is 1. The molecule has 0 aliphatic carbocycles. The average molecular weight is 357 g/mol. The van der Waals surface area contributed by atoms with Gasteiger partial charge in [0.1, 0.15) is 5.70 Å². The van der Waals surface area contributed by atoms with Gasteiger partial charge in [-0.25, -0.2) is 9.00 Å². The minimum Gasteiger partial charge on any atom is -0.477 e. The molecule has 0 radical (unpaired) electrons. The first-order valence-electron chi connectivity index (χ1n) is 7.51. The van der Waals surface area contributed by atoms with Gasteiger partial charge in [0, 0.05) is 18.2 Å². The standard InChI is InChI=1S/C15H19NO7S/c1-2-10-11-6-12(13(15(21)22)16(11)14(10)20)24(23)4-3-8(18)5-9(19)7-17/h3-4,9-11,17,19H,2,5-7H2,1H3,(H,21,22)/b4-3-/t9?,10-,11?,24?/m1/s1. The van der Waals surface area contributed by atoms with Crippen molar-refractivity contribution < 1.29 is 33.9 Å². The third-order valence-electron chi connectivity index (χ3n) is 4.16. The third kappa shape index (κ3) is 3.33. The van der Waals surface area contributed by atoms with E-state index < -0.39 is 35.3 Å². The summed E-state index contributed by atoms with van der Waals surface area (Å²) < 4.78 is 12.3. The number of carboxylic acid groups (broad SMARTS) is 1. The van der Waals surface area contributed by atoms with Crippen LogP contribution in [0, 0.1) is 5.92 Å². The van der Waals surface area contributed by atoms with E-state index in [9.17, 15) is 28.8 Å². The largest absolute Gasteiger partial charge is 0.477 e. The van der Waals surface area contributed by atoms with Crippen LogP contribution < -0.4 is 0 Å². The number of allylic oxidation sites excluding steroid dienone is 1. The summed E-state index contributed by atoms with van der Waals surface area (Å²) in [6, 6.07) is -0.284. The number of carbonyl (C=O) groups excluding carboxylic acids is 2. The Balaban J connectivity index is 2.15. The number of fused-ring (bicyclic) bond motifs is 1. The van der Waals surface area contributed by atoms with Crippen LogP contribution in [0.25, 0.3) is 0 Å². The second-order valence-electron chi connectivity index (χ2n) is 5.68. The zero-order valence-corrected chi connectivity index (χ0v) is 13.9. The lowest BCUT2D eigenvalue weighted by Gasteiger charge is -2.42. The summed E-state index contributed by atoms with van der Waals surface area (Å²) in [5, 5.41) is 28.2. The zero-order valence-electron chi connectivity index (χ0n) is 13.0. The highest BCUT2D eigenvalue weighted by atomic mass is 32.2. The number of aliphatic hydroxyl groups excluding tert-OH is 2. The predicted octanol–water partition coefficient (Wildman–Crippen LogP) is -0.502. The number of β-lactam (4-membered cyclic amide) rings is 1. The quantitative estimate of drug-likeness (QED) is 0.394. The maximum absolute atomic E-state index is 12.3. The van der Waals surface area contributed by atoms with Crippen molar-refractivity contribution in [3.05, 3.63) is 22.1 Å². The van der Waals surface area contributed by atoms with Crippen LogP contribution in [0.15, 0.2) is 22.1 Å². The number of carbonyl (C=O) groups is 3. The van der Waals surface area contributed by atoms with E-state index in [1.54, 1.807) is 0 Å². The summed E-state index contributed by atoms with van der Waals surface area (Å²) in [6.45, 7) is 1.27. The summed E-state index contributed by atoms with van der Waals surface area (Å²) in [5.41, 5.74) is -0.263. The van der Waals surface area contributed by atoms with Crippen molar-refractivity contribution in [1.82, 2.24) is 4.90 Å². The van der Waals surface area contributed by atoms with Crippen molar-refractivity contribution in [1.29, 1.82) is 0 Å². The van der Waals surface area contributed by atoms with Crippen LogP contribution >= 0.6 is 0 Å². The van der Waals surface area contributed by atoms with Crippen molar-refractivity contribution in [3.8, 4) is 0 Å². The number of carboxylic acids is 1. The zero-order chi connectivity index (χ0) is 18.0. The van der Waals surface area contributed by atoms with Crippen LogP contribution in [0.3, 0.4) is 0 Å². The molecule has 2 aliphatic heterocycles. The van der Waals surface area contributed by atoms with E-state index in [0.29, 0.717) is 6.42 Å². The Hall–Kier alpha value is -1.84. The molecule has 3 N–H and O–H groups in total. The Morgan fingerprint density at radius 2 is 2.12 bits per heavy atom. The Bertz CT molecular complexity index is 654. The minimum absolute atomic E-state index is 0.114. The highest BCUT2D eigenvalue weighted by molar-refractivity contribution is 7.91. The number of hydrogen-bond acceptors (Lipinski definition) is 6. The Morgan fingerprint density at radius 3 is 2.67 bits per heavy atom. The highest BCUT2D eigenvalue weighted by Crippen LogP contribution is 2.44. The maximum Gasteiger partial charge on any atom is 0.353 e. The monoisotopic (exact) mass is 357 g/mol. The van der Waals surface area contributed by atoms with E-state index >= 15 is 0 Å². The summed E-state index contributed by atoms with van der Waals surface area (Å²) in [6.07, 6.45) is 0.271. The van der Waals surface area contributed by atoms with Crippen LogP contribution in [0.4, 0.5) is 0 Å². The van der Waals surface area contributed by atoms with Crippen molar-refractivity contribution in [2.75, 3.05) is 6.61 Å². The lowest BCUT2D eigenvalue weighted by Crippen LogP contribution is -2.58. The Morgan fingerprint density at radius 1 is 1.46 bits per heavy atom. The molecule has 1 amide bonds. The third-order valence-corrected chi connectivity index (χ3v) is 5.39. The molecule has 0 bridgehead atoms. The Labute approximate surface area is 140 Å². The highest BCUT2D eigenvalue weighted by Gasteiger charge is 2.54. The van der Waals surface area contributed by atoms with Crippen LogP contribution in [0.5, 0.6) is 0 Å². The maximum atomic E-state index is 12.3. The predicted molar refractivity (Wildman–Crippen MR) is 83.7 cm³/mol. The number of aliphatic carboxylic acids is 1.